The van der Waals surface area contributed by atoms with Gasteiger partial charge in [-0.2, -0.15) is 5.10 Å². The number of piperazine rings is 1. The lowest BCUT2D eigenvalue weighted by Crippen LogP contribution is -2.59. The van der Waals surface area contributed by atoms with Crippen LogP contribution in [0.1, 0.15) is 29.8 Å². The number of rotatable bonds is 4. The van der Waals surface area contributed by atoms with E-state index in [9.17, 15) is 13.6 Å². The molecule has 0 unspecified atom stereocenters. The highest BCUT2D eigenvalue weighted by molar-refractivity contribution is 9.10. The molecule has 2 aromatic carbocycles. The van der Waals surface area contributed by atoms with Gasteiger partial charge in [-0.3, -0.25) is 10.2 Å². The highest BCUT2D eigenvalue weighted by Crippen LogP contribution is 2.29. The van der Waals surface area contributed by atoms with Gasteiger partial charge in [-0.15, -0.1) is 0 Å². The molecule has 3 rings (SSSR count). The lowest BCUT2D eigenvalue weighted by Gasteiger charge is -2.45. The molecule has 1 fully saturated rings. The summed E-state index contributed by atoms with van der Waals surface area (Å²) in [5.41, 5.74) is 8.23. The van der Waals surface area contributed by atoms with E-state index in [0.29, 0.717) is 18.7 Å². The number of benzene rings is 2. The van der Waals surface area contributed by atoms with E-state index in [-0.39, 0.29) is 34.4 Å². The maximum absolute atomic E-state index is 14.8. The Morgan fingerprint density at radius 2 is 1.87 bits per heavy atom. The molecule has 1 amide bonds. The number of anilines is 1. The second kappa shape index (κ2) is 9.69. The Kier molecular flexibility index (Phi) is 7.22. The normalized spacial score (nSPS) is 19.0. The summed E-state index contributed by atoms with van der Waals surface area (Å²) in [6.45, 7) is 4.53. The van der Waals surface area contributed by atoms with Gasteiger partial charge in [-0.1, -0.05) is 12.1 Å². The Labute approximate surface area is 193 Å². The van der Waals surface area contributed by atoms with E-state index >= 15 is 0 Å². The number of nitrogens with zero attached hydrogens (tertiary/aromatic N) is 3. The zero-order valence-electron chi connectivity index (χ0n) is 17.0. The number of thiocarbonyl (C=S) groups is 1. The minimum atomic E-state index is -0.628. The molecule has 1 aliphatic heterocycles. The Morgan fingerprint density at radius 1 is 1.23 bits per heavy atom. The Hall–Kier alpha value is -2.59. The molecule has 1 saturated heterocycles. The highest BCUT2D eigenvalue weighted by atomic mass is 79.9. The first-order chi connectivity index (χ1) is 14.7. The van der Waals surface area contributed by atoms with Gasteiger partial charge in [0.15, 0.2) is 5.11 Å². The fourth-order valence-corrected chi connectivity index (χ4v) is 4.26. The van der Waals surface area contributed by atoms with Crippen LogP contribution in [0, 0.1) is 11.6 Å². The number of carbonyl (C=O) groups excluding carboxylic acids is 1. The minimum Gasteiger partial charge on any atom is -0.375 e. The maximum Gasteiger partial charge on any atom is 0.255 e. The van der Waals surface area contributed by atoms with Crippen LogP contribution in [0.4, 0.5) is 14.5 Å². The second-order valence-electron chi connectivity index (χ2n) is 7.35. The van der Waals surface area contributed by atoms with Crippen LogP contribution in [0.25, 0.3) is 0 Å². The average Bonchev–Trinajstić information content (AvgIpc) is 2.69. The summed E-state index contributed by atoms with van der Waals surface area (Å²) < 4.78 is 30.0. The molecule has 1 aliphatic rings. The number of carbonyl (C=O) groups is 1. The molecule has 3 N–H and O–H groups in total. The summed E-state index contributed by atoms with van der Waals surface area (Å²) in [4.78, 5) is 16.6. The number of nitrogens with one attached hydrogen (secondary N) is 1. The standard InChI is InChI=1S/C21H22BrF2N5OS/c1-12-10-28(11-13(2)29(12)20(30)15-5-3-4-6-16(15)22)19-8-17(23)14(7-18(19)24)9-26-27-21(25)31/h3-9,12-13H,10-11H2,1-2H3,(H3,25,27,31)/t12-,13+. The molecule has 164 valence electrons. The Balaban J connectivity index is 1.80. The molecular weight excluding hydrogens is 488 g/mol. The van der Waals surface area contributed by atoms with Gasteiger partial charge >= 0.3 is 0 Å². The van der Waals surface area contributed by atoms with Crippen molar-refractivity contribution in [3.05, 3.63) is 63.6 Å². The topological polar surface area (TPSA) is 74.0 Å². The number of amides is 1. The lowest BCUT2D eigenvalue weighted by molar-refractivity contribution is 0.0573. The molecule has 0 radical (unpaired) electrons. The number of halogens is 3. The average molecular weight is 510 g/mol. The molecule has 0 spiro atoms. The number of hydrogen-bond donors (Lipinski definition) is 2. The third-order valence-corrected chi connectivity index (χ3v) is 5.83. The molecule has 0 bridgehead atoms. The third-order valence-electron chi connectivity index (χ3n) is 5.04. The smallest absolute Gasteiger partial charge is 0.255 e. The van der Waals surface area contributed by atoms with Crippen LogP contribution >= 0.6 is 28.1 Å². The molecule has 1 heterocycles. The van der Waals surface area contributed by atoms with Gasteiger partial charge in [0, 0.05) is 41.3 Å². The fraction of sp³-hybridized carbons (Fsp3) is 0.286. The SMILES string of the molecule is C[C@@H]1CN(c2cc(F)c(C=NNC(N)=S)cc2F)C[C@H](C)N1C(=O)c1ccccc1Br. The molecule has 0 aromatic heterocycles. The summed E-state index contributed by atoms with van der Waals surface area (Å²) in [5.74, 6) is -1.31. The Bertz CT molecular complexity index is 1020. The molecule has 0 saturated carbocycles. The van der Waals surface area contributed by atoms with Gasteiger partial charge in [-0.05, 0) is 60.2 Å². The van der Waals surface area contributed by atoms with E-state index in [4.69, 9.17) is 5.73 Å². The van der Waals surface area contributed by atoms with Crippen molar-refractivity contribution in [2.45, 2.75) is 25.9 Å². The van der Waals surface area contributed by atoms with Crippen molar-refractivity contribution in [1.82, 2.24) is 10.3 Å². The van der Waals surface area contributed by atoms with Crippen LogP contribution in [-0.2, 0) is 0 Å². The summed E-state index contributed by atoms with van der Waals surface area (Å²) in [5, 5.41) is 3.59. The number of nitrogens with two attached hydrogens (primary N) is 1. The van der Waals surface area contributed by atoms with E-state index in [1.165, 1.54) is 0 Å². The summed E-state index contributed by atoms with van der Waals surface area (Å²) in [7, 11) is 0. The molecule has 2 atom stereocenters. The highest BCUT2D eigenvalue weighted by Gasteiger charge is 2.35. The van der Waals surface area contributed by atoms with Crippen LogP contribution in [0.2, 0.25) is 0 Å². The molecule has 6 nitrogen and oxygen atoms in total. The predicted molar refractivity (Wildman–Crippen MR) is 125 cm³/mol. The summed E-state index contributed by atoms with van der Waals surface area (Å²) >= 11 is 8.04. The van der Waals surface area contributed by atoms with Gasteiger partial charge < -0.3 is 15.5 Å². The van der Waals surface area contributed by atoms with E-state index < -0.39 is 11.6 Å². The molecule has 10 heteroatoms. The van der Waals surface area contributed by atoms with Gasteiger partial charge in [0.1, 0.15) is 11.6 Å². The molecule has 0 aliphatic carbocycles. The molecular formula is C21H22BrF2N5OS. The number of hydrogen-bond acceptors (Lipinski definition) is 4. The predicted octanol–water partition coefficient (Wildman–Crippen LogP) is 3.63. The first-order valence-corrected chi connectivity index (χ1v) is 10.8. The number of hydrazone groups is 1. The van der Waals surface area contributed by atoms with E-state index in [0.717, 1.165) is 22.8 Å². The van der Waals surface area contributed by atoms with Crippen molar-refractivity contribution in [3.63, 3.8) is 0 Å². The van der Waals surface area contributed by atoms with Gasteiger partial charge in [0.05, 0.1) is 17.5 Å². The first kappa shape index (κ1) is 23.1. The zero-order valence-corrected chi connectivity index (χ0v) is 19.4. The zero-order chi connectivity index (χ0) is 22.7. The largest absolute Gasteiger partial charge is 0.375 e. The van der Waals surface area contributed by atoms with Crippen LogP contribution in [0.3, 0.4) is 0 Å². The minimum absolute atomic E-state index is 0.0335. The quantitative estimate of drug-likeness (QED) is 0.374. The second-order valence-corrected chi connectivity index (χ2v) is 8.65. The summed E-state index contributed by atoms with van der Waals surface area (Å²) in [6.07, 6.45) is 1.11. The van der Waals surface area contributed by atoms with E-state index in [2.05, 4.69) is 38.7 Å². The van der Waals surface area contributed by atoms with Crippen molar-refractivity contribution in [3.8, 4) is 0 Å². The van der Waals surface area contributed by atoms with Gasteiger partial charge in [-0.25, -0.2) is 8.78 Å². The van der Waals surface area contributed by atoms with Crippen molar-refractivity contribution >= 4 is 51.1 Å². The van der Waals surface area contributed by atoms with Crippen LogP contribution in [0.5, 0.6) is 0 Å². The molecule has 31 heavy (non-hydrogen) atoms. The van der Waals surface area contributed by atoms with Crippen molar-refractivity contribution in [2.24, 2.45) is 10.8 Å². The van der Waals surface area contributed by atoms with Crippen LogP contribution < -0.4 is 16.1 Å². The first-order valence-electron chi connectivity index (χ1n) is 9.58. The third kappa shape index (κ3) is 5.19. The monoisotopic (exact) mass is 509 g/mol. The van der Waals surface area contributed by atoms with E-state index in [1.54, 1.807) is 15.9 Å². The molecule has 2 aromatic rings. The fourth-order valence-electron chi connectivity index (χ4n) is 3.75. The summed E-state index contributed by atoms with van der Waals surface area (Å²) in [6, 6.07) is 9.04. The van der Waals surface area contributed by atoms with Gasteiger partial charge in [0.2, 0.25) is 0 Å². The van der Waals surface area contributed by atoms with Crippen molar-refractivity contribution in [2.75, 3.05) is 18.0 Å². The van der Waals surface area contributed by atoms with Crippen molar-refractivity contribution < 1.29 is 13.6 Å². The van der Waals surface area contributed by atoms with Crippen molar-refractivity contribution in [1.29, 1.82) is 0 Å². The Morgan fingerprint density at radius 3 is 2.48 bits per heavy atom. The van der Waals surface area contributed by atoms with Crippen LogP contribution in [-0.4, -0.2) is 47.3 Å². The van der Waals surface area contributed by atoms with Gasteiger partial charge in [0.25, 0.3) is 5.91 Å². The maximum atomic E-state index is 14.8. The van der Waals surface area contributed by atoms with Crippen LogP contribution in [0.15, 0.2) is 46.0 Å². The van der Waals surface area contributed by atoms with E-state index in [1.807, 2.05) is 32.0 Å². The lowest BCUT2D eigenvalue weighted by atomic mass is 10.0.